The second-order valence-electron chi connectivity index (χ2n) is 7.01. The predicted octanol–water partition coefficient (Wildman–Crippen LogP) is 3.21. The molecule has 5 nitrogen and oxygen atoms in total. The summed E-state index contributed by atoms with van der Waals surface area (Å²) in [6, 6.07) is 0.562. The van der Waals surface area contributed by atoms with E-state index in [4.69, 9.17) is 10.5 Å². The Balaban J connectivity index is 0.00000441. The Morgan fingerprint density at radius 2 is 1.86 bits per heavy atom. The highest BCUT2D eigenvalue weighted by molar-refractivity contribution is 14.0. The van der Waals surface area contributed by atoms with E-state index in [1.165, 1.54) is 0 Å². The lowest BCUT2D eigenvalue weighted by Crippen LogP contribution is -2.39. The Labute approximate surface area is 151 Å². The fourth-order valence-corrected chi connectivity index (χ4v) is 2.41. The van der Waals surface area contributed by atoms with Crippen molar-refractivity contribution in [3.63, 3.8) is 0 Å². The molecule has 0 heterocycles. The summed E-state index contributed by atoms with van der Waals surface area (Å²) in [5.74, 6) is 0.458. The maximum absolute atomic E-state index is 12.0. The highest BCUT2D eigenvalue weighted by Gasteiger charge is 2.29. The third kappa shape index (κ3) is 8.19. The van der Waals surface area contributed by atoms with Crippen molar-refractivity contribution in [2.75, 3.05) is 0 Å². The lowest BCUT2D eigenvalue weighted by atomic mass is 9.86. The minimum absolute atomic E-state index is 0. The van der Waals surface area contributed by atoms with Gasteiger partial charge >= 0.3 is 5.97 Å². The van der Waals surface area contributed by atoms with Gasteiger partial charge < -0.3 is 15.8 Å². The average Bonchev–Trinajstić information content (AvgIpc) is 2.37. The monoisotopic (exact) mass is 425 g/mol. The van der Waals surface area contributed by atoms with Crippen LogP contribution in [0.4, 0.5) is 0 Å². The number of aliphatic imine (C=N–C) groups is 1. The molecule has 0 aromatic carbocycles. The van der Waals surface area contributed by atoms with Crippen LogP contribution in [0.3, 0.4) is 0 Å². The Morgan fingerprint density at radius 1 is 1.32 bits per heavy atom. The second-order valence-corrected chi connectivity index (χ2v) is 7.01. The van der Waals surface area contributed by atoms with Gasteiger partial charge in [0.25, 0.3) is 0 Å². The summed E-state index contributed by atoms with van der Waals surface area (Å²) < 4.78 is 5.45. The Bertz CT molecular complexity index is 372. The van der Waals surface area contributed by atoms with Gasteiger partial charge in [0.15, 0.2) is 5.96 Å². The zero-order chi connectivity index (χ0) is 16.0. The van der Waals surface area contributed by atoms with Gasteiger partial charge in [-0.15, -0.1) is 24.0 Å². The molecule has 22 heavy (non-hydrogen) atoms. The summed E-state index contributed by atoms with van der Waals surface area (Å²) in [5.41, 5.74) is 5.50. The van der Waals surface area contributed by atoms with Crippen molar-refractivity contribution in [3.05, 3.63) is 0 Å². The number of carbonyl (C=O) groups excluding carboxylic acids is 1. The van der Waals surface area contributed by atoms with Crippen LogP contribution in [0.5, 0.6) is 0 Å². The van der Waals surface area contributed by atoms with E-state index >= 15 is 0 Å². The molecule has 0 aromatic heterocycles. The van der Waals surface area contributed by atoms with Gasteiger partial charge in [-0.25, -0.2) is 0 Å². The molecule has 0 aromatic rings. The van der Waals surface area contributed by atoms with Gasteiger partial charge in [-0.2, -0.15) is 0 Å². The van der Waals surface area contributed by atoms with Crippen molar-refractivity contribution in [1.29, 1.82) is 0 Å². The van der Waals surface area contributed by atoms with Crippen LogP contribution in [0.15, 0.2) is 4.99 Å². The summed E-state index contributed by atoms with van der Waals surface area (Å²) in [6.07, 6.45) is 4.47. The lowest BCUT2D eigenvalue weighted by Gasteiger charge is -2.28. The van der Waals surface area contributed by atoms with Gasteiger partial charge in [0.1, 0.15) is 5.60 Å². The number of hydrogen-bond acceptors (Lipinski definition) is 3. The number of nitrogens with two attached hydrogens (primary N) is 1. The van der Waals surface area contributed by atoms with Crippen molar-refractivity contribution in [1.82, 2.24) is 5.32 Å². The minimum atomic E-state index is -0.406. The fourth-order valence-electron chi connectivity index (χ4n) is 2.41. The molecule has 6 heteroatoms. The van der Waals surface area contributed by atoms with Crippen molar-refractivity contribution >= 4 is 35.9 Å². The number of ether oxygens (including phenoxy) is 1. The van der Waals surface area contributed by atoms with Gasteiger partial charge in [-0.05, 0) is 59.8 Å². The zero-order valence-electron chi connectivity index (χ0n) is 14.5. The van der Waals surface area contributed by atoms with Crippen LogP contribution in [0.2, 0.25) is 0 Å². The Morgan fingerprint density at radius 3 is 2.32 bits per heavy atom. The fraction of sp³-hybridized carbons (Fsp3) is 0.875. The first-order valence-electron chi connectivity index (χ1n) is 8.04. The van der Waals surface area contributed by atoms with Crippen LogP contribution in [0.25, 0.3) is 0 Å². The van der Waals surface area contributed by atoms with E-state index in [2.05, 4.69) is 24.2 Å². The van der Waals surface area contributed by atoms with Crippen LogP contribution in [0.1, 0.15) is 66.7 Å². The van der Waals surface area contributed by atoms with Crippen LogP contribution < -0.4 is 11.1 Å². The van der Waals surface area contributed by atoms with Crippen molar-refractivity contribution in [2.45, 2.75) is 84.4 Å². The van der Waals surface area contributed by atoms with E-state index in [0.717, 1.165) is 32.1 Å². The van der Waals surface area contributed by atoms with Gasteiger partial charge in [0, 0.05) is 6.04 Å². The predicted molar refractivity (Wildman–Crippen MR) is 102 cm³/mol. The average molecular weight is 425 g/mol. The number of guanidine groups is 1. The quantitative estimate of drug-likeness (QED) is 0.314. The molecule has 1 aliphatic rings. The summed E-state index contributed by atoms with van der Waals surface area (Å²) in [6.45, 7) is 9.91. The number of rotatable bonds is 4. The maximum Gasteiger partial charge on any atom is 0.309 e. The van der Waals surface area contributed by atoms with Crippen molar-refractivity contribution in [2.24, 2.45) is 16.6 Å². The van der Waals surface area contributed by atoms with E-state index in [0.29, 0.717) is 12.0 Å². The number of halogens is 1. The van der Waals surface area contributed by atoms with E-state index < -0.39 is 5.60 Å². The smallest absolute Gasteiger partial charge is 0.309 e. The normalized spacial score (nSPS) is 24.1. The SMILES string of the molecule is CCC(C)NC(N)=NC1CCC(C(=O)OC(C)(C)C)CC1.I. The molecule has 1 fully saturated rings. The molecule has 3 N–H and O–H groups in total. The molecule has 1 atom stereocenters. The van der Waals surface area contributed by atoms with Crippen LogP contribution >= 0.6 is 24.0 Å². The molecule has 1 rings (SSSR count). The van der Waals surface area contributed by atoms with E-state index in [1.54, 1.807) is 0 Å². The molecule has 0 aliphatic heterocycles. The summed E-state index contributed by atoms with van der Waals surface area (Å²) in [5, 5.41) is 3.18. The first-order valence-corrected chi connectivity index (χ1v) is 8.04. The van der Waals surface area contributed by atoms with Gasteiger partial charge in [0.05, 0.1) is 12.0 Å². The highest BCUT2D eigenvalue weighted by atomic mass is 127. The molecule has 130 valence electrons. The number of nitrogens with zero attached hydrogens (tertiary/aromatic N) is 1. The van der Waals surface area contributed by atoms with Gasteiger partial charge in [-0.3, -0.25) is 9.79 Å². The first kappa shape index (κ1) is 21.5. The second kappa shape index (κ2) is 9.57. The molecule has 0 amide bonds. The molecular weight excluding hydrogens is 393 g/mol. The van der Waals surface area contributed by atoms with E-state index in [9.17, 15) is 4.79 Å². The summed E-state index contributed by atoms with van der Waals surface area (Å²) in [4.78, 5) is 16.6. The molecular formula is C16H32IN3O2. The van der Waals surface area contributed by atoms with Crippen molar-refractivity contribution < 1.29 is 9.53 Å². The van der Waals surface area contributed by atoms with E-state index in [1.807, 2.05) is 20.8 Å². The standard InChI is InChI=1S/C16H31N3O2.HI/c1-6-11(2)18-15(17)19-13-9-7-12(8-10-13)14(20)21-16(3,4)5;/h11-13H,6-10H2,1-5H3,(H3,17,18,19);1H. The van der Waals surface area contributed by atoms with Crippen LogP contribution in [-0.4, -0.2) is 29.6 Å². The number of hydrogen-bond donors (Lipinski definition) is 2. The first-order chi connectivity index (χ1) is 9.71. The minimum Gasteiger partial charge on any atom is -0.460 e. The van der Waals surface area contributed by atoms with Crippen molar-refractivity contribution in [3.8, 4) is 0 Å². The summed E-state index contributed by atoms with van der Waals surface area (Å²) >= 11 is 0. The molecule has 1 saturated carbocycles. The summed E-state index contributed by atoms with van der Waals surface area (Å²) in [7, 11) is 0. The Hall–Kier alpha value is -0.530. The largest absolute Gasteiger partial charge is 0.460 e. The molecule has 0 radical (unpaired) electrons. The van der Waals surface area contributed by atoms with Crippen LogP contribution in [-0.2, 0) is 9.53 Å². The number of nitrogens with one attached hydrogen (secondary N) is 1. The molecule has 0 saturated heterocycles. The zero-order valence-corrected chi connectivity index (χ0v) is 16.8. The number of carbonyl (C=O) groups is 1. The Kier molecular flexibility index (Phi) is 9.34. The van der Waals surface area contributed by atoms with Crippen LogP contribution in [0, 0.1) is 5.92 Å². The third-order valence-electron chi connectivity index (χ3n) is 3.77. The van der Waals surface area contributed by atoms with E-state index in [-0.39, 0.29) is 41.9 Å². The molecule has 0 bridgehead atoms. The topological polar surface area (TPSA) is 76.7 Å². The molecule has 0 spiro atoms. The molecule has 1 unspecified atom stereocenters. The third-order valence-corrected chi connectivity index (χ3v) is 3.77. The lowest BCUT2D eigenvalue weighted by molar-refractivity contribution is -0.161. The van der Waals surface area contributed by atoms with Gasteiger partial charge in [-0.1, -0.05) is 6.92 Å². The number of esters is 1. The highest BCUT2D eigenvalue weighted by Crippen LogP contribution is 2.28. The van der Waals surface area contributed by atoms with Gasteiger partial charge in [0.2, 0.25) is 0 Å². The molecule has 1 aliphatic carbocycles. The maximum atomic E-state index is 12.0.